The van der Waals surface area contributed by atoms with Gasteiger partial charge in [-0.15, -0.1) is 0 Å². The number of fused-ring (bicyclic) bond motifs is 1. The highest BCUT2D eigenvalue weighted by Gasteiger charge is 2.46. The molecule has 5 rings (SSSR count). The van der Waals surface area contributed by atoms with Crippen molar-refractivity contribution < 1.29 is 38.0 Å². The maximum absolute atomic E-state index is 12.3. The van der Waals surface area contributed by atoms with Crippen LogP contribution in [0.4, 0.5) is 9.59 Å². The first-order chi connectivity index (χ1) is 22.2. The normalized spacial score (nSPS) is 34.2. The molecule has 2 heterocycles. The largest absolute Gasteiger partial charge is 0.508 e. The van der Waals surface area contributed by atoms with Crippen molar-refractivity contribution in [3.8, 4) is 0 Å². The van der Waals surface area contributed by atoms with Crippen molar-refractivity contribution in [2.75, 3.05) is 26.2 Å². The Balaban J connectivity index is 1.22. The molecular formula is C37H61NO8. The molecule has 4 atom stereocenters. The molecule has 3 saturated carbocycles. The van der Waals surface area contributed by atoms with Crippen molar-refractivity contribution >= 4 is 12.3 Å². The second-order valence-electron chi connectivity index (χ2n) is 15.1. The van der Waals surface area contributed by atoms with Crippen LogP contribution in [0.3, 0.4) is 0 Å². The van der Waals surface area contributed by atoms with Gasteiger partial charge < -0.3 is 33.3 Å². The highest BCUT2D eigenvalue weighted by molar-refractivity contribution is 5.60. The molecule has 46 heavy (non-hydrogen) atoms. The fraction of sp³-hybridized carbons (Fsp3) is 0.892. The van der Waals surface area contributed by atoms with Gasteiger partial charge in [-0.1, -0.05) is 12.0 Å². The topological polar surface area (TPSA) is 92.8 Å². The average Bonchev–Trinajstić information content (AvgIpc) is 3.01. The maximum Gasteiger partial charge on any atom is 0.508 e. The molecule has 4 fully saturated rings. The summed E-state index contributed by atoms with van der Waals surface area (Å²) in [5.74, 6) is 1.23. The van der Waals surface area contributed by atoms with Crippen LogP contribution >= 0.6 is 0 Å². The quantitative estimate of drug-likeness (QED) is 0.173. The number of carbonyl (C=O) groups excluding carboxylic acids is 2. The molecule has 0 bridgehead atoms. The van der Waals surface area contributed by atoms with Gasteiger partial charge in [0.2, 0.25) is 0 Å². The van der Waals surface area contributed by atoms with E-state index in [2.05, 4.69) is 11.8 Å². The van der Waals surface area contributed by atoms with Gasteiger partial charge in [0.1, 0.15) is 12.2 Å². The van der Waals surface area contributed by atoms with Crippen LogP contribution in [0.15, 0.2) is 11.1 Å². The predicted molar refractivity (Wildman–Crippen MR) is 176 cm³/mol. The molecule has 1 saturated heterocycles. The Labute approximate surface area is 277 Å². The van der Waals surface area contributed by atoms with Gasteiger partial charge in [0.05, 0.1) is 37.1 Å². The van der Waals surface area contributed by atoms with E-state index in [1.807, 2.05) is 27.7 Å². The molecule has 9 nitrogen and oxygen atoms in total. The molecule has 0 aromatic rings. The van der Waals surface area contributed by atoms with Crippen molar-refractivity contribution in [1.82, 2.24) is 4.90 Å². The summed E-state index contributed by atoms with van der Waals surface area (Å²) in [6, 6.07) is 0. The first kappa shape index (κ1) is 35.5. The molecule has 0 amide bonds. The van der Waals surface area contributed by atoms with E-state index >= 15 is 0 Å². The smallest absolute Gasteiger partial charge is 0.432 e. The molecule has 3 aliphatic carbocycles. The van der Waals surface area contributed by atoms with Crippen LogP contribution in [-0.4, -0.2) is 86.2 Å². The molecule has 0 aromatic carbocycles. The van der Waals surface area contributed by atoms with Crippen LogP contribution in [0.5, 0.6) is 0 Å². The lowest BCUT2D eigenvalue weighted by molar-refractivity contribution is -0.115. The zero-order valence-electron chi connectivity index (χ0n) is 29.2. The second-order valence-corrected chi connectivity index (χ2v) is 15.1. The summed E-state index contributed by atoms with van der Waals surface area (Å²) in [7, 11) is 0. The second kappa shape index (κ2) is 17.0. The van der Waals surface area contributed by atoms with Crippen LogP contribution in [0.2, 0.25) is 0 Å². The number of hydrogen-bond acceptors (Lipinski definition) is 9. The molecule has 0 spiro atoms. The van der Waals surface area contributed by atoms with Crippen LogP contribution in [0.1, 0.15) is 125 Å². The third-order valence-electron chi connectivity index (χ3n) is 11.0. The maximum atomic E-state index is 12.3. The van der Waals surface area contributed by atoms with Gasteiger partial charge in [-0.3, -0.25) is 0 Å². The Morgan fingerprint density at radius 2 is 1.35 bits per heavy atom. The van der Waals surface area contributed by atoms with E-state index < -0.39 is 12.3 Å². The molecular weight excluding hydrogens is 586 g/mol. The Kier molecular flexibility index (Phi) is 13.1. The number of hydrogen-bond donors (Lipinski definition) is 0. The Morgan fingerprint density at radius 3 is 1.98 bits per heavy atom. The predicted octanol–water partition coefficient (Wildman–Crippen LogP) is 7.98. The lowest BCUT2D eigenvalue weighted by Crippen LogP contribution is -2.48. The fourth-order valence-electron chi connectivity index (χ4n) is 8.76. The molecule has 5 aliphatic rings. The number of piperidine rings is 1. The van der Waals surface area contributed by atoms with Crippen molar-refractivity contribution in [3.63, 3.8) is 0 Å². The zero-order chi connectivity index (χ0) is 32.6. The Bertz CT molecular complexity index is 1010. The molecule has 9 heteroatoms. The van der Waals surface area contributed by atoms with E-state index in [0.717, 1.165) is 77.4 Å². The minimum atomic E-state index is -0.575. The standard InChI is InChI=1S/C37H61NO8/c1-24(2)42-36(39)44-30-15-9-27(10-16-30)34-26(5)32-18-17-31(45-37(40)43-25(3)4)23-33(32)46-35(34)28-11-13-29(14-12-28)41-22-21-38-19-7-6-8-20-38/h24-25,27-33,35H,6-23H2,1-5H3/t27?,28?,29?,30?,31?,32?,33?,35-/m0/s1. The zero-order valence-corrected chi connectivity index (χ0v) is 29.2. The third-order valence-corrected chi connectivity index (χ3v) is 11.0. The van der Waals surface area contributed by atoms with Gasteiger partial charge in [-0.25, -0.2) is 9.59 Å². The minimum absolute atomic E-state index is 0.0448. The SMILES string of the molecule is CC1=C(C2CCC(OC(=O)OC(C)C)CC2)[C@H](C2CCC(OCCN3CCCCC3)CC2)OC2CC(OC(=O)OC(C)C)CCC12. The number of likely N-dealkylation sites (tertiary alicyclic amines) is 1. The van der Waals surface area contributed by atoms with E-state index in [1.54, 1.807) is 0 Å². The number of carbonyl (C=O) groups is 2. The third kappa shape index (κ3) is 9.85. The average molecular weight is 648 g/mol. The lowest BCUT2D eigenvalue weighted by Gasteiger charge is -2.49. The van der Waals surface area contributed by atoms with E-state index in [-0.39, 0.29) is 36.6 Å². The highest BCUT2D eigenvalue weighted by atomic mass is 16.7. The van der Waals surface area contributed by atoms with Crippen molar-refractivity contribution in [2.24, 2.45) is 17.8 Å². The van der Waals surface area contributed by atoms with Crippen LogP contribution in [-0.2, 0) is 28.4 Å². The lowest BCUT2D eigenvalue weighted by atomic mass is 9.67. The number of rotatable bonds is 10. The van der Waals surface area contributed by atoms with Crippen LogP contribution in [0.25, 0.3) is 0 Å². The van der Waals surface area contributed by atoms with Crippen LogP contribution < -0.4 is 0 Å². The Hall–Kier alpha value is -1.84. The first-order valence-corrected chi connectivity index (χ1v) is 18.6. The molecule has 2 aliphatic heterocycles. The van der Waals surface area contributed by atoms with Crippen molar-refractivity contribution in [2.45, 2.75) is 167 Å². The molecule has 3 unspecified atom stereocenters. The van der Waals surface area contributed by atoms with Crippen molar-refractivity contribution in [1.29, 1.82) is 0 Å². The molecule has 0 N–H and O–H groups in total. The fourth-order valence-corrected chi connectivity index (χ4v) is 8.76. The number of ether oxygens (including phenoxy) is 6. The summed E-state index contributed by atoms with van der Waals surface area (Å²) in [6.07, 6.45) is 13.2. The molecule has 0 aromatic heterocycles. The van der Waals surface area contributed by atoms with E-state index in [4.69, 9.17) is 28.4 Å². The van der Waals surface area contributed by atoms with Gasteiger partial charge in [-0.05, 0) is 142 Å². The summed E-state index contributed by atoms with van der Waals surface area (Å²) in [6.45, 7) is 14.0. The van der Waals surface area contributed by atoms with Gasteiger partial charge in [0.15, 0.2) is 0 Å². The van der Waals surface area contributed by atoms with Crippen LogP contribution in [0, 0.1) is 17.8 Å². The van der Waals surface area contributed by atoms with E-state index in [1.165, 1.54) is 43.5 Å². The van der Waals surface area contributed by atoms with E-state index in [9.17, 15) is 9.59 Å². The highest BCUT2D eigenvalue weighted by Crippen LogP contribution is 2.49. The monoisotopic (exact) mass is 647 g/mol. The molecule has 0 radical (unpaired) electrons. The van der Waals surface area contributed by atoms with Gasteiger partial charge >= 0.3 is 12.3 Å². The molecule has 262 valence electrons. The van der Waals surface area contributed by atoms with E-state index in [0.29, 0.717) is 30.3 Å². The summed E-state index contributed by atoms with van der Waals surface area (Å²) in [5, 5.41) is 0. The summed E-state index contributed by atoms with van der Waals surface area (Å²) >= 11 is 0. The van der Waals surface area contributed by atoms with Gasteiger partial charge in [-0.2, -0.15) is 0 Å². The van der Waals surface area contributed by atoms with Gasteiger partial charge in [0, 0.05) is 18.9 Å². The summed E-state index contributed by atoms with van der Waals surface area (Å²) < 4.78 is 35.5. The summed E-state index contributed by atoms with van der Waals surface area (Å²) in [4.78, 5) is 27.0. The first-order valence-electron chi connectivity index (χ1n) is 18.6. The minimum Gasteiger partial charge on any atom is -0.432 e. The Morgan fingerprint density at radius 1 is 0.761 bits per heavy atom. The number of nitrogens with zero attached hydrogens (tertiary/aromatic N) is 1. The van der Waals surface area contributed by atoms with Gasteiger partial charge in [0.25, 0.3) is 0 Å². The van der Waals surface area contributed by atoms with Crippen molar-refractivity contribution in [3.05, 3.63) is 11.1 Å². The summed E-state index contributed by atoms with van der Waals surface area (Å²) in [5.41, 5.74) is 3.01.